The largest absolute Gasteiger partial charge is 0.450 e. The fraction of sp³-hybridized carbons (Fsp3) is 1.00. The molecule has 52 valence electrons. The Hall–Kier alpha value is -0.390. The summed E-state index contributed by atoms with van der Waals surface area (Å²) in [6, 6.07) is 0. The summed E-state index contributed by atoms with van der Waals surface area (Å²) >= 11 is 0. The Bertz CT molecular complexity index is 55.9. The van der Waals surface area contributed by atoms with E-state index < -0.39 is 12.6 Å². The third-order valence-electron chi connectivity index (χ3n) is 0.247. The molecule has 0 aromatic heterocycles. The Morgan fingerprint density at radius 3 is 1.12 bits per heavy atom. The number of alkyl halides is 5. The highest BCUT2D eigenvalue weighted by Crippen LogP contribution is 2.22. The second-order valence-corrected chi connectivity index (χ2v) is 0.842. The molecule has 8 heavy (non-hydrogen) atoms. The van der Waals surface area contributed by atoms with Crippen LogP contribution in [0, 0.1) is 0 Å². The van der Waals surface area contributed by atoms with Crippen LogP contribution in [0.1, 0.15) is 0 Å². The molecule has 0 aliphatic carbocycles. The summed E-state index contributed by atoms with van der Waals surface area (Å²) in [6.45, 7) is 0. The van der Waals surface area contributed by atoms with Crippen molar-refractivity contribution in [3.05, 3.63) is 0 Å². The first-order valence-electron chi connectivity index (χ1n) is 1.29. The molecule has 3 N–H and O–H groups in total. The van der Waals surface area contributed by atoms with Gasteiger partial charge in [-0.05, 0) is 0 Å². The lowest BCUT2D eigenvalue weighted by atomic mass is 10.7. The maximum atomic E-state index is 10.4. The lowest BCUT2D eigenvalue weighted by molar-refractivity contribution is -0.219. The van der Waals surface area contributed by atoms with Crippen LogP contribution >= 0.6 is 0 Å². The Balaban J connectivity index is 0. The smallest absolute Gasteiger partial charge is 0.344 e. The van der Waals surface area contributed by atoms with Crippen LogP contribution in [0.4, 0.5) is 22.0 Å². The Morgan fingerprint density at radius 2 is 1.12 bits per heavy atom. The zero-order valence-corrected chi connectivity index (χ0v) is 3.67. The molecule has 0 aromatic rings. The lowest BCUT2D eigenvalue weighted by Gasteiger charge is -2.00. The maximum absolute atomic E-state index is 10.4. The van der Waals surface area contributed by atoms with Crippen LogP contribution < -0.4 is 6.15 Å². The summed E-state index contributed by atoms with van der Waals surface area (Å²) in [5.41, 5.74) is 0. The summed E-state index contributed by atoms with van der Waals surface area (Å²) in [5.74, 6) is 0. The zero-order chi connectivity index (χ0) is 6.08. The minimum absolute atomic E-state index is 0. The molecule has 0 saturated carbocycles. The number of rotatable bonds is 0. The van der Waals surface area contributed by atoms with E-state index in [1.54, 1.807) is 0 Å². The number of hydrogen-bond donors (Lipinski definition) is 1. The molecule has 0 bridgehead atoms. The predicted octanol–water partition coefficient (Wildman–Crippen LogP) is 1.98. The Morgan fingerprint density at radius 1 is 1.00 bits per heavy atom. The van der Waals surface area contributed by atoms with Crippen molar-refractivity contribution in [1.82, 2.24) is 6.15 Å². The van der Waals surface area contributed by atoms with Crippen molar-refractivity contribution in [2.24, 2.45) is 0 Å². The van der Waals surface area contributed by atoms with E-state index in [-0.39, 0.29) is 6.15 Å². The molecule has 0 aliphatic rings. The lowest BCUT2D eigenvalue weighted by Crippen LogP contribution is -2.18. The van der Waals surface area contributed by atoms with Gasteiger partial charge in [-0.25, -0.2) is 8.78 Å². The summed E-state index contributed by atoms with van der Waals surface area (Å²) in [7, 11) is 0. The van der Waals surface area contributed by atoms with Gasteiger partial charge in [-0.15, -0.1) is 0 Å². The van der Waals surface area contributed by atoms with Crippen molar-refractivity contribution in [2.45, 2.75) is 12.6 Å². The minimum atomic E-state index is -5.33. The SMILES string of the molecule is FC(F)C(F)(F)F.N. The molecule has 0 rings (SSSR count). The van der Waals surface area contributed by atoms with Crippen molar-refractivity contribution < 1.29 is 22.0 Å². The summed E-state index contributed by atoms with van der Waals surface area (Å²) in [5, 5.41) is 0. The maximum Gasteiger partial charge on any atom is 0.450 e. The van der Waals surface area contributed by atoms with Crippen LogP contribution in [0.3, 0.4) is 0 Å². The van der Waals surface area contributed by atoms with Crippen LogP contribution in [0.25, 0.3) is 0 Å². The standard InChI is InChI=1S/C2HF5.H3N/c3-1(4)2(5,6)7;/h1H;1H3. The average Bonchev–Trinajstić information content (AvgIpc) is 1.31. The van der Waals surface area contributed by atoms with Crippen molar-refractivity contribution in [3.63, 3.8) is 0 Å². The normalized spacial score (nSPS) is 11.2. The first-order chi connectivity index (χ1) is 2.94. The Kier molecular flexibility index (Phi) is 3.71. The topological polar surface area (TPSA) is 35.0 Å². The second kappa shape index (κ2) is 2.81. The summed E-state index contributed by atoms with van der Waals surface area (Å²) < 4.78 is 52.1. The van der Waals surface area contributed by atoms with Gasteiger partial charge < -0.3 is 6.15 Å². The summed E-state index contributed by atoms with van der Waals surface area (Å²) in [6.07, 6.45) is -9.53. The fourth-order valence-electron chi connectivity index (χ4n) is 0. The quantitative estimate of drug-likeness (QED) is 0.509. The van der Waals surface area contributed by atoms with Crippen LogP contribution in [0.2, 0.25) is 0 Å². The minimum Gasteiger partial charge on any atom is -0.344 e. The fourth-order valence-corrected chi connectivity index (χ4v) is 0. The van der Waals surface area contributed by atoms with Crippen LogP contribution in [-0.4, -0.2) is 12.6 Å². The van der Waals surface area contributed by atoms with Crippen LogP contribution in [0.15, 0.2) is 0 Å². The van der Waals surface area contributed by atoms with E-state index in [4.69, 9.17) is 0 Å². The molecule has 0 aromatic carbocycles. The first kappa shape index (κ1) is 10.6. The van der Waals surface area contributed by atoms with Crippen molar-refractivity contribution in [3.8, 4) is 0 Å². The Labute approximate surface area is 42.1 Å². The molecule has 1 nitrogen and oxygen atoms in total. The molecule has 0 amide bonds. The highest BCUT2D eigenvalue weighted by molar-refractivity contribution is 4.48. The van der Waals surface area contributed by atoms with Gasteiger partial charge in [-0.3, -0.25) is 0 Å². The van der Waals surface area contributed by atoms with Gasteiger partial charge >= 0.3 is 12.6 Å². The van der Waals surface area contributed by atoms with E-state index in [0.717, 1.165) is 0 Å². The van der Waals surface area contributed by atoms with Gasteiger partial charge in [0.25, 0.3) is 0 Å². The monoisotopic (exact) mass is 137 g/mol. The predicted molar refractivity (Wildman–Crippen MR) is 17.1 cm³/mol. The van der Waals surface area contributed by atoms with E-state index >= 15 is 0 Å². The van der Waals surface area contributed by atoms with Gasteiger partial charge in [-0.2, -0.15) is 13.2 Å². The van der Waals surface area contributed by atoms with E-state index in [1.165, 1.54) is 0 Å². The molecule has 0 radical (unpaired) electrons. The highest BCUT2D eigenvalue weighted by Gasteiger charge is 2.40. The molecular weight excluding hydrogens is 133 g/mol. The van der Waals surface area contributed by atoms with E-state index in [1.807, 2.05) is 0 Å². The van der Waals surface area contributed by atoms with E-state index in [9.17, 15) is 22.0 Å². The second-order valence-electron chi connectivity index (χ2n) is 0.842. The third kappa shape index (κ3) is 3.79. The van der Waals surface area contributed by atoms with E-state index in [0.29, 0.717) is 0 Å². The molecule has 0 heterocycles. The van der Waals surface area contributed by atoms with Crippen LogP contribution in [-0.2, 0) is 0 Å². The van der Waals surface area contributed by atoms with Gasteiger partial charge in [0.05, 0.1) is 0 Å². The molecule has 0 saturated heterocycles. The van der Waals surface area contributed by atoms with Crippen molar-refractivity contribution in [1.29, 1.82) is 0 Å². The number of hydrogen-bond acceptors (Lipinski definition) is 1. The van der Waals surface area contributed by atoms with Gasteiger partial charge in [0.1, 0.15) is 0 Å². The molecular formula is C2H4F5N. The van der Waals surface area contributed by atoms with E-state index in [2.05, 4.69) is 0 Å². The van der Waals surface area contributed by atoms with Gasteiger partial charge in [0.2, 0.25) is 0 Å². The summed E-state index contributed by atoms with van der Waals surface area (Å²) in [4.78, 5) is 0. The van der Waals surface area contributed by atoms with Gasteiger partial charge in [-0.1, -0.05) is 0 Å². The van der Waals surface area contributed by atoms with Crippen molar-refractivity contribution in [2.75, 3.05) is 0 Å². The molecule has 6 heteroatoms. The van der Waals surface area contributed by atoms with Crippen LogP contribution in [0.5, 0.6) is 0 Å². The highest BCUT2D eigenvalue weighted by atomic mass is 19.4. The van der Waals surface area contributed by atoms with Gasteiger partial charge in [0.15, 0.2) is 0 Å². The number of halogens is 5. The molecule has 0 fully saturated rings. The zero-order valence-electron chi connectivity index (χ0n) is 3.67. The first-order valence-corrected chi connectivity index (χ1v) is 1.29. The molecule has 0 spiro atoms. The average molecular weight is 137 g/mol. The molecule has 0 unspecified atom stereocenters. The third-order valence-corrected chi connectivity index (χ3v) is 0.247. The van der Waals surface area contributed by atoms with Crippen molar-refractivity contribution >= 4 is 0 Å². The molecule has 0 atom stereocenters. The molecule has 0 aliphatic heterocycles. The van der Waals surface area contributed by atoms with Gasteiger partial charge in [0, 0.05) is 0 Å².